The van der Waals surface area contributed by atoms with Crippen LogP contribution in [0.1, 0.15) is 5.56 Å². The van der Waals surface area contributed by atoms with E-state index in [4.69, 9.17) is 22.6 Å². The second-order valence-electron chi connectivity index (χ2n) is 3.22. The molecule has 0 saturated carbocycles. The van der Waals surface area contributed by atoms with E-state index in [9.17, 15) is 0 Å². The molecule has 15 heavy (non-hydrogen) atoms. The summed E-state index contributed by atoms with van der Waals surface area (Å²) in [7, 11) is 3.67. The molecule has 0 fully saturated rings. The Kier molecular flexibility index (Phi) is 3.53. The van der Waals surface area contributed by atoms with E-state index in [-0.39, 0.29) is 0 Å². The van der Waals surface area contributed by atoms with Crippen molar-refractivity contribution in [3.8, 4) is 6.07 Å². The van der Waals surface area contributed by atoms with E-state index < -0.39 is 0 Å². The second-order valence-corrected chi connectivity index (χ2v) is 3.62. The molecule has 0 saturated heterocycles. The molecule has 0 atom stereocenters. The van der Waals surface area contributed by atoms with Crippen molar-refractivity contribution < 1.29 is 0 Å². The van der Waals surface area contributed by atoms with Gasteiger partial charge in [0.15, 0.2) is 0 Å². The number of nitrogens with two attached hydrogens (primary N) is 1. The van der Waals surface area contributed by atoms with Crippen molar-refractivity contribution in [2.24, 2.45) is 4.99 Å². The van der Waals surface area contributed by atoms with Crippen molar-refractivity contribution in [3.05, 3.63) is 22.7 Å². The fourth-order valence-electron chi connectivity index (χ4n) is 1.00. The third-order valence-electron chi connectivity index (χ3n) is 1.63. The summed E-state index contributed by atoms with van der Waals surface area (Å²) in [5.41, 5.74) is 6.92. The molecule has 0 heterocycles. The monoisotopic (exact) mass is 222 g/mol. The number of nitrogens with zero attached hydrogens (tertiary/aromatic N) is 3. The van der Waals surface area contributed by atoms with Crippen LogP contribution >= 0.6 is 11.6 Å². The van der Waals surface area contributed by atoms with Crippen molar-refractivity contribution >= 4 is 29.3 Å². The van der Waals surface area contributed by atoms with E-state index >= 15 is 0 Å². The topological polar surface area (TPSA) is 65.4 Å². The minimum atomic E-state index is 0.323. The molecule has 0 aliphatic rings. The number of hydrogen-bond acceptors (Lipinski definition) is 3. The third kappa shape index (κ3) is 2.86. The molecule has 2 N–H and O–H groups in total. The lowest BCUT2D eigenvalue weighted by Crippen LogP contribution is -2.07. The SMILES string of the molecule is CN(C)/C=N/c1cc(N)cc(Cl)c1C#N. The zero-order valence-electron chi connectivity index (χ0n) is 8.53. The number of nitriles is 1. The Hall–Kier alpha value is -1.73. The summed E-state index contributed by atoms with van der Waals surface area (Å²) in [5, 5.41) is 9.22. The molecule has 1 aromatic carbocycles. The molecule has 0 spiro atoms. The minimum absolute atomic E-state index is 0.323. The van der Waals surface area contributed by atoms with Crippen LogP contribution in [0, 0.1) is 11.3 Å². The Morgan fingerprint density at radius 3 is 2.73 bits per heavy atom. The van der Waals surface area contributed by atoms with Gasteiger partial charge in [0.1, 0.15) is 6.07 Å². The van der Waals surface area contributed by atoms with E-state index in [1.807, 2.05) is 20.2 Å². The van der Waals surface area contributed by atoms with Gasteiger partial charge in [-0.2, -0.15) is 5.26 Å². The van der Waals surface area contributed by atoms with Crippen LogP contribution in [-0.4, -0.2) is 25.3 Å². The average Bonchev–Trinajstić information content (AvgIpc) is 2.13. The first kappa shape index (κ1) is 11.3. The lowest BCUT2D eigenvalue weighted by molar-refractivity contribution is 0.643. The third-order valence-corrected chi connectivity index (χ3v) is 1.93. The fourth-order valence-corrected chi connectivity index (χ4v) is 1.27. The molecular formula is C10H11ClN4. The lowest BCUT2D eigenvalue weighted by atomic mass is 10.2. The molecule has 4 nitrogen and oxygen atoms in total. The summed E-state index contributed by atoms with van der Waals surface area (Å²) >= 11 is 5.86. The Bertz CT molecular complexity index is 432. The van der Waals surface area contributed by atoms with E-state index in [0.717, 1.165) is 0 Å². The van der Waals surface area contributed by atoms with E-state index in [1.165, 1.54) is 6.07 Å². The van der Waals surface area contributed by atoms with Crippen LogP contribution in [0.5, 0.6) is 0 Å². The summed E-state index contributed by atoms with van der Waals surface area (Å²) in [6.07, 6.45) is 1.59. The van der Waals surface area contributed by atoms with E-state index in [1.54, 1.807) is 17.3 Å². The summed E-state index contributed by atoms with van der Waals surface area (Å²) in [5.74, 6) is 0. The molecule has 0 unspecified atom stereocenters. The zero-order chi connectivity index (χ0) is 11.4. The van der Waals surface area contributed by atoms with E-state index in [2.05, 4.69) is 4.99 Å². The van der Waals surface area contributed by atoms with Crippen LogP contribution in [0.3, 0.4) is 0 Å². The predicted molar refractivity (Wildman–Crippen MR) is 62.4 cm³/mol. The molecule has 0 amide bonds. The molecule has 78 valence electrons. The highest BCUT2D eigenvalue weighted by Crippen LogP contribution is 2.29. The smallest absolute Gasteiger partial charge is 0.103 e. The van der Waals surface area contributed by atoms with Gasteiger partial charge in [0.2, 0.25) is 0 Å². The van der Waals surface area contributed by atoms with Gasteiger partial charge in [-0.15, -0.1) is 0 Å². The van der Waals surface area contributed by atoms with Gasteiger partial charge in [0.05, 0.1) is 22.6 Å². The molecule has 5 heteroatoms. The van der Waals surface area contributed by atoms with Gasteiger partial charge < -0.3 is 10.6 Å². The van der Waals surface area contributed by atoms with Crippen LogP contribution in [0.15, 0.2) is 17.1 Å². The highest BCUT2D eigenvalue weighted by atomic mass is 35.5. The Morgan fingerprint density at radius 2 is 2.20 bits per heavy atom. The quantitative estimate of drug-likeness (QED) is 0.473. The molecule has 0 radical (unpaired) electrons. The Labute approximate surface area is 93.6 Å². The number of nitrogen functional groups attached to an aromatic ring is 1. The van der Waals surface area contributed by atoms with Crippen molar-refractivity contribution in [3.63, 3.8) is 0 Å². The van der Waals surface area contributed by atoms with Crippen molar-refractivity contribution in [2.45, 2.75) is 0 Å². The average molecular weight is 223 g/mol. The van der Waals surface area contributed by atoms with Gasteiger partial charge in [-0.1, -0.05) is 11.6 Å². The number of hydrogen-bond donors (Lipinski definition) is 1. The van der Waals surface area contributed by atoms with Gasteiger partial charge in [-0.3, -0.25) is 0 Å². The van der Waals surface area contributed by atoms with Gasteiger partial charge in [0.25, 0.3) is 0 Å². The summed E-state index contributed by atoms with van der Waals surface area (Å²) < 4.78 is 0. The first-order chi connectivity index (χ1) is 7.04. The standard InChI is InChI=1S/C10H11ClN4/c1-15(2)6-14-10-4-7(13)3-9(11)8(10)5-12/h3-4,6H,13H2,1-2H3/b14-6+. The number of rotatable bonds is 2. The first-order valence-corrected chi connectivity index (χ1v) is 4.62. The van der Waals surface area contributed by atoms with Crippen LogP contribution < -0.4 is 5.73 Å². The van der Waals surface area contributed by atoms with Gasteiger partial charge in [0, 0.05) is 19.8 Å². The molecule has 0 bridgehead atoms. The molecule has 1 rings (SSSR count). The number of anilines is 1. The highest BCUT2D eigenvalue weighted by Gasteiger charge is 2.06. The Balaban J connectivity index is 3.22. The van der Waals surface area contributed by atoms with Crippen molar-refractivity contribution in [1.29, 1.82) is 5.26 Å². The van der Waals surface area contributed by atoms with Gasteiger partial charge in [-0.25, -0.2) is 4.99 Å². The number of halogens is 1. The van der Waals surface area contributed by atoms with Crippen LogP contribution in [0.4, 0.5) is 11.4 Å². The molecule has 0 aliphatic carbocycles. The summed E-state index contributed by atoms with van der Waals surface area (Å²) in [4.78, 5) is 5.87. The molecule has 0 aliphatic heterocycles. The second kappa shape index (κ2) is 4.67. The van der Waals surface area contributed by atoms with Crippen molar-refractivity contribution in [1.82, 2.24) is 4.90 Å². The summed E-state index contributed by atoms with van der Waals surface area (Å²) in [6, 6.07) is 5.15. The number of aliphatic imine (C=N–C) groups is 1. The lowest BCUT2D eigenvalue weighted by Gasteiger charge is -2.05. The van der Waals surface area contributed by atoms with Crippen LogP contribution in [0.25, 0.3) is 0 Å². The maximum Gasteiger partial charge on any atom is 0.103 e. The van der Waals surface area contributed by atoms with Gasteiger partial charge >= 0.3 is 0 Å². The fraction of sp³-hybridized carbons (Fsp3) is 0.200. The summed E-state index contributed by atoms with van der Waals surface area (Å²) in [6.45, 7) is 0. The molecule has 0 aromatic heterocycles. The molecule has 1 aromatic rings. The maximum atomic E-state index is 8.89. The van der Waals surface area contributed by atoms with Crippen molar-refractivity contribution in [2.75, 3.05) is 19.8 Å². The highest BCUT2D eigenvalue weighted by molar-refractivity contribution is 6.32. The first-order valence-electron chi connectivity index (χ1n) is 4.24. The van der Waals surface area contributed by atoms with E-state index in [0.29, 0.717) is 22.0 Å². The predicted octanol–water partition coefficient (Wildman–Crippen LogP) is 2.02. The zero-order valence-corrected chi connectivity index (χ0v) is 9.28. The molecular weight excluding hydrogens is 212 g/mol. The maximum absolute atomic E-state index is 8.89. The minimum Gasteiger partial charge on any atom is -0.399 e. The Morgan fingerprint density at radius 1 is 1.53 bits per heavy atom. The van der Waals surface area contributed by atoms with Crippen LogP contribution in [-0.2, 0) is 0 Å². The normalized spacial score (nSPS) is 10.3. The van der Waals surface area contributed by atoms with Gasteiger partial charge in [-0.05, 0) is 12.1 Å². The number of benzene rings is 1. The van der Waals surface area contributed by atoms with Crippen LogP contribution in [0.2, 0.25) is 5.02 Å². The largest absolute Gasteiger partial charge is 0.399 e.